The van der Waals surface area contributed by atoms with Crippen LogP contribution in [0.4, 0.5) is 17.1 Å². The van der Waals surface area contributed by atoms with E-state index in [-0.39, 0.29) is 4.90 Å². The number of hydrogen-bond donors (Lipinski definition) is 1. The van der Waals surface area contributed by atoms with Crippen molar-refractivity contribution in [3.63, 3.8) is 0 Å². The Hall–Kier alpha value is -3.92. The number of anilines is 2. The molecular weight excluding hydrogens is 486 g/mol. The molecule has 1 aliphatic heterocycles. The predicted molar refractivity (Wildman–Crippen MR) is 145 cm³/mol. The minimum atomic E-state index is -3.55. The fourth-order valence-electron chi connectivity index (χ4n) is 4.56. The zero-order chi connectivity index (χ0) is 26.5. The van der Waals surface area contributed by atoms with Crippen molar-refractivity contribution < 1.29 is 8.42 Å². The molecule has 1 N–H and O–H groups in total. The second-order valence-corrected chi connectivity index (χ2v) is 11.6. The van der Waals surface area contributed by atoms with Crippen LogP contribution >= 0.6 is 0 Å². The molecule has 0 radical (unpaired) electrons. The summed E-state index contributed by atoms with van der Waals surface area (Å²) in [6.07, 6.45) is 2.39. The van der Waals surface area contributed by atoms with Crippen molar-refractivity contribution in [1.82, 2.24) is 24.7 Å². The van der Waals surface area contributed by atoms with Gasteiger partial charge in [0.2, 0.25) is 0 Å². The van der Waals surface area contributed by atoms with E-state index >= 15 is 0 Å². The zero-order valence-corrected chi connectivity index (χ0v) is 22.6. The lowest BCUT2D eigenvalue weighted by Crippen LogP contribution is -2.06. The van der Waals surface area contributed by atoms with E-state index in [0.29, 0.717) is 24.2 Å². The molecule has 9 nitrogen and oxygen atoms in total. The molecule has 4 heterocycles. The Morgan fingerprint density at radius 2 is 1.70 bits per heavy atom. The number of aromatic nitrogens is 5. The van der Waals surface area contributed by atoms with Crippen molar-refractivity contribution in [1.29, 1.82) is 0 Å². The van der Waals surface area contributed by atoms with Gasteiger partial charge in [-0.25, -0.2) is 18.4 Å². The van der Waals surface area contributed by atoms with Gasteiger partial charge in [0.15, 0.2) is 9.84 Å². The van der Waals surface area contributed by atoms with Crippen LogP contribution in [-0.2, 0) is 29.7 Å². The first-order valence-corrected chi connectivity index (χ1v) is 13.9. The van der Waals surface area contributed by atoms with E-state index in [0.717, 1.165) is 57.0 Å². The Morgan fingerprint density at radius 3 is 2.38 bits per heavy atom. The van der Waals surface area contributed by atoms with E-state index in [2.05, 4.69) is 20.4 Å². The molecule has 190 valence electrons. The largest absolute Gasteiger partial charge is 0.353 e. The fraction of sp³-hybridized carbons (Fsp3) is 0.296. The van der Waals surface area contributed by atoms with Gasteiger partial charge >= 0.3 is 0 Å². The molecule has 37 heavy (non-hydrogen) atoms. The zero-order valence-electron chi connectivity index (χ0n) is 21.8. The molecule has 0 aliphatic carbocycles. The minimum Gasteiger partial charge on any atom is -0.353 e. The monoisotopic (exact) mass is 515 g/mol. The van der Waals surface area contributed by atoms with Crippen molar-refractivity contribution in [2.75, 3.05) is 11.6 Å². The van der Waals surface area contributed by atoms with Gasteiger partial charge in [-0.2, -0.15) is 5.10 Å². The summed E-state index contributed by atoms with van der Waals surface area (Å²) < 4.78 is 27.4. The van der Waals surface area contributed by atoms with E-state index in [1.54, 1.807) is 16.8 Å². The van der Waals surface area contributed by atoms with Gasteiger partial charge in [0.25, 0.3) is 0 Å². The van der Waals surface area contributed by atoms with Gasteiger partial charge in [-0.05, 0) is 58.0 Å². The summed E-state index contributed by atoms with van der Waals surface area (Å²) in [5, 5.41) is 7.86. The lowest BCUT2D eigenvalue weighted by molar-refractivity contribution is 0.602. The minimum absolute atomic E-state index is 0.196. The van der Waals surface area contributed by atoms with Crippen molar-refractivity contribution in [3.05, 3.63) is 70.7 Å². The average molecular weight is 516 g/mol. The number of benzene rings is 1. The SMILES string of the molecule is CC1=Nc2c(Nc3ccc(-c4cc(C)n(C)n4)cc3S(C)(=O)=O)cc(Cc3cc(C)nc(C)n3)nc2C1. The Kier molecular flexibility index (Phi) is 6.15. The second-order valence-electron chi connectivity index (χ2n) is 9.61. The van der Waals surface area contributed by atoms with Crippen molar-refractivity contribution in [2.24, 2.45) is 12.0 Å². The summed E-state index contributed by atoms with van der Waals surface area (Å²) >= 11 is 0. The van der Waals surface area contributed by atoms with Gasteiger partial charge in [0.1, 0.15) is 11.5 Å². The first-order chi connectivity index (χ1) is 17.5. The van der Waals surface area contributed by atoms with Crippen molar-refractivity contribution in [3.8, 4) is 11.3 Å². The first kappa shape index (κ1) is 24.8. The lowest BCUT2D eigenvalue weighted by atomic mass is 10.1. The Morgan fingerprint density at radius 1 is 0.946 bits per heavy atom. The van der Waals surface area contributed by atoms with Gasteiger partial charge in [-0.3, -0.25) is 14.7 Å². The van der Waals surface area contributed by atoms with Crippen LogP contribution < -0.4 is 5.32 Å². The highest BCUT2D eigenvalue weighted by Crippen LogP contribution is 2.38. The van der Waals surface area contributed by atoms with Gasteiger partial charge in [-0.1, -0.05) is 6.07 Å². The maximum absolute atomic E-state index is 12.8. The smallest absolute Gasteiger partial charge is 0.177 e. The molecule has 3 aromatic heterocycles. The molecule has 4 aromatic rings. The summed E-state index contributed by atoms with van der Waals surface area (Å²) in [5.74, 6) is 0.717. The first-order valence-electron chi connectivity index (χ1n) is 12.0. The van der Waals surface area contributed by atoms with Gasteiger partial charge in [-0.15, -0.1) is 0 Å². The van der Waals surface area contributed by atoms with Crippen LogP contribution in [0.25, 0.3) is 11.3 Å². The summed E-state index contributed by atoms with van der Waals surface area (Å²) in [6.45, 7) is 7.74. The van der Waals surface area contributed by atoms with E-state index in [4.69, 9.17) is 9.98 Å². The van der Waals surface area contributed by atoms with E-state index < -0.39 is 9.84 Å². The third-order valence-electron chi connectivity index (χ3n) is 6.29. The molecule has 10 heteroatoms. The highest BCUT2D eigenvalue weighted by molar-refractivity contribution is 7.90. The van der Waals surface area contributed by atoms with E-state index in [1.807, 2.05) is 59.0 Å². The van der Waals surface area contributed by atoms with Gasteiger partial charge < -0.3 is 5.32 Å². The normalized spacial score (nSPS) is 13.0. The maximum Gasteiger partial charge on any atom is 0.177 e. The summed E-state index contributed by atoms with van der Waals surface area (Å²) in [5.41, 5.74) is 8.80. The molecule has 0 spiro atoms. The van der Waals surface area contributed by atoms with Crippen LogP contribution in [0.5, 0.6) is 0 Å². The molecule has 0 saturated carbocycles. The summed E-state index contributed by atoms with van der Waals surface area (Å²) in [4.78, 5) is 18.7. The number of rotatable bonds is 6. The molecule has 1 aromatic carbocycles. The number of hydrogen-bond acceptors (Lipinski definition) is 8. The Bertz CT molecular complexity index is 1650. The molecule has 0 amide bonds. The highest BCUT2D eigenvalue weighted by atomic mass is 32.2. The van der Waals surface area contributed by atoms with Crippen LogP contribution in [0.3, 0.4) is 0 Å². The standard InChI is InChI=1S/C27H29N7O2S/c1-15-9-20(30-18(4)28-15)13-21-14-25(27-24(31-21)10-16(2)29-27)32-22-8-7-19(12-26(22)37(6,35)36)23-11-17(3)34(5)33-23/h7-9,11-12,14H,10,13H2,1-6H3,(H,31,32). The highest BCUT2D eigenvalue weighted by Gasteiger charge is 2.22. The van der Waals surface area contributed by atoms with Gasteiger partial charge in [0.05, 0.1) is 33.4 Å². The van der Waals surface area contributed by atoms with Crippen molar-refractivity contribution in [2.45, 2.75) is 45.4 Å². The quantitative estimate of drug-likeness (QED) is 0.399. The summed E-state index contributed by atoms with van der Waals surface area (Å²) in [6, 6.07) is 11.1. The van der Waals surface area contributed by atoms with Crippen LogP contribution in [0, 0.1) is 20.8 Å². The molecule has 5 rings (SSSR count). The number of aliphatic imine (C=N–C) groups is 1. The van der Waals surface area contributed by atoms with Crippen LogP contribution in [0.2, 0.25) is 0 Å². The van der Waals surface area contributed by atoms with E-state index in [9.17, 15) is 8.42 Å². The van der Waals surface area contributed by atoms with Crippen molar-refractivity contribution >= 4 is 32.6 Å². The van der Waals surface area contributed by atoms with Crippen LogP contribution in [0.1, 0.15) is 41.2 Å². The lowest BCUT2D eigenvalue weighted by Gasteiger charge is -2.15. The molecule has 0 fully saturated rings. The number of sulfone groups is 1. The second kappa shape index (κ2) is 9.19. The number of pyridine rings is 1. The van der Waals surface area contributed by atoms with Crippen LogP contribution in [0.15, 0.2) is 46.3 Å². The fourth-order valence-corrected chi connectivity index (χ4v) is 5.42. The number of nitrogens with one attached hydrogen (secondary N) is 1. The third kappa shape index (κ3) is 5.15. The molecular formula is C27H29N7O2S. The molecule has 0 atom stereocenters. The molecule has 1 aliphatic rings. The topological polar surface area (TPSA) is 115 Å². The summed E-state index contributed by atoms with van der Waals surface area (Å²) in [7, 11) is -1.68. The third-order valence-corrected chi connectivity index (χ3v) is 7.42. The average Bonchev–Trinajstić information content (AvgIpc) is 3.33. The van der Waals surface area contributed by atoms with Crippen LogP contribution in [-0.4, -0.2) is 45.1 Å². The van der Waals surface area contributed by atoms with E-state index in [1.165, 1.54) is 6.26 Å². The number of fused-ring (bicyclic) bond motifs is 1. The maximum atomic E-state index is 12.8. The Balaban J connectivity index is 1.57. The molecule has 0 saturated heterocycles. The molecule has 0 unspecified atom stereocenters. The predicted octanol–water partition coefficient (Wildman–Crippen LogP) is 4.58. The van der Waals surface area contributed by atoms with Gasteiger partial charge in [0, 0.05) is 54.5 Å². The number of nitrogens with zero attached hydrogens (tertiary/aromatic N) is 6. The molecule has 0 bridgehead atoms. The number of aryl methyl sites for hydroxylation is 4. The Labute approximate surface area is 216 Å².